The first-order chi connectivity index (χ1) is 12.6. The lowest BCUT2D eigenvalue weighted by atomic mass is 9.81. The van der Waals surface area contributed by atoms with Gasteiger partial charge in [-0.3, -0.25) is 4.79 Å². The number of para-hydroxylation sites is 1. The molecule has 2 aromatic carbocycles. The fourth-order valence-corrected chi connectivity index (χ4v) is 3.39. The highest BCUT2D eigenvalue weighted by molar-refractivity contribution is 6.30. The zero-order valence-corrected chi connectivity index (χ0v) is 15.1. The largest absolute Gasteiger partial charge is 0.413 e. The standard InChI is InChI=1S/C20H21ClN2O3/c21-15-8-7-9-16(14-15)22-18(24)20(12-5-2-6-13-20)23-19(25)26-17-10-3-1-4-11-17/h1,3-4,7-11,14H,2,5-6,12-13H2,(H,22,24)(H,23,25). The minimum atomic E-state index is -0.980. The molecule has 1 aliphatic rings. The molecule has 0 heterocycles. The van der Waals surface area contributed by atoms with Crippen molar-refractivity contribution in [3.8, 4) is 5.75 Å². The van der Waals surface area contributed by atoms with Crippen LogP contribution in [0.3, 0.4) is 0 Å². The van der Waals surface area contributed by atoms with Gasteiger partial charge in [-0.2, -0.15) is 0 Å². The third-order valence-corrected chi connectivity index (χ3v) is 4.75. The first kappa shape index (κ1) is 18.3. The van der Waals surface area contributed by atoms with Crippen molar-refractivity contribution in [1.29, 1.82) is 0 Å². The van der Waals surface area contributed by atoms with Crippen molar-refractivity contribution < 1.29 is 14.3 Å². The van der Waals surface area contributed by atoms with E-state index in [0.29, 0.717) is 29.3 Å². The second-order valence-electron chi connectivity index (χ2n) is 6.43. The average molecular weight is 373 g/mol. The highest BCUT2D eigenvalue weighted by Gasteiger charge is 2.41. The van der Waals surface area contributed by atoms with Crippen molar-refractivity contribution in [3.05, 3.63) is 59.6 Å². The molecule has 1 aliphatic carbocycles. The third-order valence-electron chi connectivity index (χ3n) is 4.52. The SMILES string of the molecule is O=C(NC1(C(=O)Nc2cccc(Cl)c2)CCCCC1)Oc1ccccc1. The van der Waals surface area contributed by atoms with Gasteiger partial charge in [-0.15, -0.1) is 0 Å². The predicted octanol–water partition coefficient (Wildman–Crippen LogP) is 4.77. The van der Waals surface area contributed by atoms with Crippen LogP contribution < -0.4 is 15.4 Å². The molecule has 26 heavy (non-hydrogen) atoms. The first-order valence-corrected chi connectivity index (χ1v) is 9.07. The molecule has 5 nitrogen and oxygen atoms in total. The quantitative estimate of drug-likeness (QED) is 0.812. The van der Waals surface area contributed by atoms with E-state index in [1.54, 1.807) is 48.5 Å². The van der Waals surface area contributed by atoms with E-state index < -0.39 is 11.6 Å². The Morgan fingerprint density at radius 1 is 0.962 bits per heavy atom. The van der Waals surface area contributed by atoms with Crippen molar-refractivity contribution in [2.75, 3.05) is 5.32 Å². The Morgan fingerprint density at radius 3 is 2.38 bits per heavy atom. The smallest absolute Gasteiger partial charge is 0.410 e. The molecule has 1 fully saturated rings. The van der Waals surface area contributed by atoms with E-state index in [-0.39, 0.29) is 5.91 Å². The molecule has 0 atom stereocenters. The van der Waals surface area contributed by atoms with Crippen LogP contribution in [0.15, 0.2) is 54.6 Å². The maximum atomic E-state index is 13.0. The fraction of sp³-hybridized carbons (Fsp3) is 0.300. The van der Waals surface area contributed by atoms with Gasteiger partial charge in [0.2, 0.25) is 5.91 Å². The molecule has 0 spiro atoms. The molecular weight excluding hydrogens is 352 g/mol. The molecule has 136 valence electrons. The number of carbonyl (C=O) groups excluding carboxylic acids is 2. The number of carbonyl (C=O) groups is 2. The zero-order valence-electron chi connectivity index (χ0n) is 14.3. The molecule has 1 saturated carbocycles. The van der Waals surface area contributed by atoms with Crippen LogP contribution in [0.25, 0.3) is 0 Å². The fourth-order valence-electron chi connectivity index (χ4n) is 3.20. The molecule has 6 heteroatoms. The number of anilines is 1. The summed E-state index contributed by atoms with van der Waals surface area (Å²) in [5.41, 5.74) is -0.377. The number of halogens is 1. The normalized spacial score (nSPS) is 15.7. The zero-order chi connectivity index (χ0) is 18.4. The lowest BCUT2D eigenvalue weighted by molar-refractivity contribution is -0.123. The summed E-state index contributed by atoms with van der Waals surface area (Å²) in [5.74, 6) is 0.190. The van der Waals surface area contributed by atoms with Crippen LogP contribution in [0.2, 0.25) is 5.02 Å². The van der Waals surface area contributed by atoms with Crippen molar-refractivity contribution in [2.24, 2.45) is 0 Å². The molecule has 0 aliphatic heterocycles. The molecule has 0 radical (unpaired) electrons. The van der Waals surface area contributed by atoms with Crippen LogP contribution in [0.1, 0.15) is 32.1 Å². The third kappa shape index (κ3) is 4.55. The van der Waals surface area contributed by atoms with E-state index in [4.69, 9.17) is 16.3 Å². The monoisotopic (exact) mass is 372 g/mol. The average Bonchev–Trinajstić information content (AvgIpc) is 2.63. The van der Waals surface area contributed by atoms with Gasteiger partial charge in [-0.25, -0.2) is 4.79 Å². The first-order valence-electron chi connectivity index (χ1n) is 8.69. The van der Waals surface area contributed by atoms with Crippen molar-refractivity contribution in [2.45, 2.75) is 37.6 Å². The summed E-state index contributed by atoms with van der Waals surface area (Å²) in [6.45, 7) is 0. The Labute approximate surface area is 157 Å². The van der Waals surface area contributed by atoms with Crippen LogP contribution in [0, 0.1) is 0 Å². The summed E-state index contributed by atoms with van der Waals surface area (Å²) in [7, 11) is 0. The van der Waals surface area contributed by atoms with Gasteiger partial charge >= 0.3 is 6.09 Å². The van der Waals surface area contributed by atoms with E-state index in [1.807, 2.05) is 6.07 Å². The van der Waals surface area contributed by atoms with Gasteiger partial charge in [0.15, 0.2) is 0 Å². The Morgan fingerprint density at radius 2 is 1.69 bits per heavy atom. The van der Waals surface area contributed by atoms with E-state index in [2.05, 4.69) is 10.6 Å². The number of benzene rings is 2. The number of amides is 2. The Balaban J connectivity index is 1.73. The van der Waals surface area contributed by atoms with Crippen molar-refractivity contribution in [3.63, 3.8) is 0 Å². The Kier molecular flexibility index (Phi) is 5.78. The molecule has 0 saturated heterocycles. The van der Waals surface area contributed by atoms with Crippen molar-refractivity contribution in [1.82, 2.24) is 5.32 Å². The van der Waals surface area contributed by atoms with Crippen LogP contribution in [-0.4, -0.2) is 17.5 Å². The Bertz CT molecular complexity index is 774. The number of rotatable bonds is 4. The maximum Gasteiger partial charge on any atom is 0.413 e. The van der Waals surface area contributed by atoms with E-state index in [1.165, 1.54) is 0 Å². The van der Waals surface area contributed by atoms with E-state index >= 15 is 0 Å². The maximum absolute atomic E-state index is 13.0. The van der Waals surface area contributed by atoms with Crippen LogP contribution in [-0.2, 0) is 4.79 Å². The lowest BCUT2D eigenvalue weighted by Gasteiger charge is -2.36. The van der Waals surface area contributed by atoms with Gasteiger partial charge in [-0.1, -0.05) is 55.1 Å². The van der Waals surface area contributed by atoms with Gasteiger partial charge in [0, 0.05) is 10.7 Å². The van der Waals surface area contributed by atoms with Crippen LogP contribution >= 0.6 is 11.6 Å². The number of hydrogen-bond acceptors (Lipinski definition) is 3. The minimum Gasteiger partial charge on any atom is -0.410 e. The van der Waals surface area contributed by atoms with E-state index in [9.17, 15) is 9.59 Å². The lowest BCUT2D eigenvalue weighted by Crippen LogP contribution is -2.58. The summed E-state index contributed by atoms with van der Waals surface area (Å²) in [6.07, 6.45) is 3.30. The van der Waals surface area contributed by atoms with Crippen LogP contribution in [0.4, 0.5) is 10.5 Å². The summed E-state index contributed by atoms with van der Waals surface area (Å²) < 4.78 is 5.31. The van der Waals surface area contributed by atoms with Gasteiger partial charge in [-0.05, 0) is 43.2 Å². The second kappa shape index (κ2) is 8.23. The second-order valence-corrected chi connectivity index (χ2v) is 6.87. The molecule has 0 aromatic heterocycles. The van der Waals surface area contributed by atoms with Gasteiger partial charge in [0.25, 0.3) is 0 Å². The van der Waals surface area contributed by atoms with Gasteiger partial charge in [0.05, 0.1) is 0 Å². The minimum absolute atomic E-state index is 0.246. The van der Waals surface area contributed by atoms with Crippen molar-refractivity contribution >= 4 is 29.3 Å². The summed E-state index contributed by atoms with van der Waals surface area (Å²) >= 11 is 5.98. The Hall–Kier alpha value is -2.53. The highest BCUT2D eigenvalue weighted by atomic mass is 35.5. The van der Waals surface area contributed by atoms with Gasteiger partial charge < -0.3 is 15.4 Å². The molecule has 2 amide bonds. The molecule has 2 N–H and O–H groups in total. The number of nitrogens with one attached hydrogen (secondary N) is 2. The number of hydrogen-bond donors (Lipinski definition) is 2. The summed E-state index contributed by atoms with van der Waals surface area (Å²) in [6, 6.07) is 15.7. The topological polar surface area (TPSA) is 67.4 Å². The molecule has 2 aromatic rings. The summed E-state index contributed by atoms with van der Waals surface area (Å²) in [5, 5.41) is 6.22. The van der Waals surface area contributed by atoms with E-state index in [0.717, 1.165) is 19.3 Å². The van der Waals surface area contributed by atoms with Crippen LogP contribution in [0.5, 0.6) is 5.75 Å². The molecule has 0 unspecified atom stereocenters. The van der Waals surface area contributed by atoms with Gasteiger partial charge in [0.1, 0.15) is 11.3 Å². The highest BCUT2D eigenvalue weighted by Crippen LogP contribution is 2.30. The number of ether oxygens (including phenoxy) is 1. The molecular formula is C20H21ClN2O3. The molecule has 0 bridgehead atoms. The predicted molar refractivity (Wildman–Crippen MR) is 101 cm³/mol. The molecule has 3 rings (SSSR count). The summed E-state index contributed by atoms with van der Waals surface area (Å²) in [4.78, 5) is 25.3.